The van der Waals surface area contributed by atoms with Gasteiger partial charge in [-0.2, -0.15) is 0 Å². The number of hydrogen-bond donors (Lipinski definition) is 0. The summed E-state index contributed by atoms with van der Waals surface area (Å²) in [5.74, 6) is 1.78. The lowest BCUT2D eigenvalue weighted by atomic mass is 10.0. The zero-order chi connectivity index (χ0) is 20.9. The highest BCUT2D eigenvalue weighted by atomic mass is 16.5. The van der Waals surface area contributed by atoms with E-state index in [9.17, 15) is 4.79 Å². The van der Waals surface area contributed by atoms with Gasteiger partial charge in [-0.05, 0) is 49.6 Å². The van der Waals surface area contributed by atoms with Gasteiger partial charge in [-0.1, -0.05) is 12.1 Å². The Kier molecular flexibility index (Phi) is 5.88. The van der Waals surface area contributed by atoms with Crippen LogP contribution in [0, 0.1) is 6.92 Å². The minimum atomic E-state index is -0.108. The lowest BCUT2D eigenvalue weighted by Gasteiger charge is -2.26. The van der Waals surface area contributed by atoms with Crippen LogP contribution in [-0.2, 0) is 4.79 Å². The molecule has 0 aliphatic carbocycles. The molecule has 1 saturated heterocycles. The molecule has 0 spiro atoms. The van der Waals surface area contributed by atoms with Gasteiger partial charge in [0.15, 0.2) is 18.1 Å². The van der Waals surface area contributed by atoms with Gasteiger partial charge < -0.3 is 14.4 Å². The van der Waals surface area contributed by atoms with Crippen LogP contribution in [0.1, 0.15) is 30.4 Å². The molecule has 1 atom stereocenters. The van der Waals surface area contributed by atoms with Crippen LogP contribution in [0.2, 0.25) is 0 Å². The molecule has 1 amide bonds. The summed E-state index contributed by atoms with van der Waals surface area (Å²) >= 11 is 0. The summed E-state index contributed by atoms with van der Waals surface area (Å²) in [4.78, 5) is 28.1. The number of pyridine rings is 1. The first-order valence-electron chi connectivity index (χ1n) is 9.96. The molecule has 3 aromatic rings. The van der Waals surface area contributed by atoms with Crippen LogP contribution in [-0.4, -0.2) is 46.0 Å². The lowest BCUT2D eigenvalue weighted by molar-refractivity contribution is -0.134. The van der Waals surface area contributed by atoms with Crippen LogP contribution < -0.4 is 9.47 Å². The van der Waals surface area contributed by atoms with Gasteiger partial charge in [0.1, 0.15) is 5.82 Å². The second-order valence-electron chi connectivity index (χ2n) is 7.14. The molecule has 0 radical (unpaired) electrons. The number of aromatic nitrogens is 3. The van der Waals surface area contributed by atoms with Crippen LogP contribution in [0.3, 0.4) is 0 Å². The topological polar surface area (TPSA) is 77.4 Å². The zero-order valence-corrected chi connectivity index (χ0v) is 17.1. The minimum Gasteiger partial charge on any atom is -0.493 e. The molecule has 7 heteroatoms. The molecule has 7 nitrogen and oxygen atoms in total. The van der Waals surface area contributed by atoms with Crippen LogP contribution >= 0.6 is 0 Å². The first-order chi connectivity index (χ1) is 14.7. The summed E-state index contributed by atoms with van der Waals surface area (Å²) in [6.45, 7) is 2.49. The van der Waals surface area contributed by atoms with Gasteiger partial charge in [0.25, 0.3) is 5.91 Å². The fraction of sp³-hybridized carbons (Fsp3) is 0.304. The number of likely N-dealkylation sites (tertiary alicyclic amines) is 1. The van der Waals surface area contributed by atoms with Crippen molar-refractivity contribution in [3.05, 3.63) is 66.5 Å². The van der Waals surface area contributed by atoms with E-state index in [1.807, 2.05) is 48.4 Å². The number of methoxy groups -OCH3 is 1. The molecule has 0 saturated carbocycles. The number of hydrogen-bond acceptors (Lipinski definition) is 6. The molecule has 1 fully saturated rings. The predicted octanol–water partition coefficient (Wildman–Crippen LogP) is 3.60. The quantitative estimate of drug-likeness (QED) is 0.625. The minimum absolute atomic E-state index is 0.0501. The summed E-state index contributed by atoms with van der Waals surface area (Å²) in [5, 5.41) is 0. The third-order valence-electron chi connectivity index (χ3n) is 5.24. The fourth-order valence-electron chi connectivity index (χ4n) is 3.81. The van der Waals surface area contributed by atoms with Crippen LogP contribution in [0.15, 0.2) is 55.0 Å². The number of para-hydroxylation sites is 2. The maximum Gasteiger partial charge on any atom is 0.261 e. The van der Waals surface area contributed by atoms with E-state index in [1.165, 1.54) is 0 Å². The van der Waals surface area contributed by atoms with Gasteiger partial charge in [0, 0.05) is 30.7 Å². The highest BCUT2D eigenvalue weighted by molar-refractivity contribution is 5.79. The van der Waals surface area contributed by atoms with Crippen molar-refractivity contribution in [1.29, 1.82) is 0 Å². The Labute approximate surface area is 175 Å². The standard InChI is InChI=1S/C23H24N4O3/c1-16-25-14-18(17-9-11-24-12-10-17)23(26-16)19-6-5-13-27(19)22(28)15-30-21-8-4-3-7-20(21)29-2/h3-4,7-12,14,19H,5-6,13,15H2,1-2H3/t19-/m0/s1. The highest BCUT2D eigenvalue weighted by Crippen LogP contribution is 2.36. The summed E-state index contributed by atoms with van der Waals surface area (Å²) < 4.78 is 11.1. The second kappa shape index (κ2) is 8.90. The molecular weight excluding hydrogens is 380 g/mol. The van der Waals surface area contributed by atoms with Crippen molar-refractivity contribution < 1.29 is 14.3 Å². The van der Waals surface area contributed by atoms with Crippen molar-refractivity contribution in [3.8, 4) is 22.6 Å². The third kappa shape index (κ3) is 4.10. The molecular formula is C23H24N4O3. The number of nitrogens with zero attached hydrogens (tertiary/aromatic N) is 4. The fourth-order valence-corrected chi connectivity index (χ4v) is 3.81. The highest BCUT2D eigenvalue weighted by Gasteiger charge is 2.33. The summed E-state index contributed by atoms with van der Waals surface area (Å²) in [6, 6.07) is 11.1. The van der Waals surface area contributed by atoms with E-state index in [0.29, 0.717) is 23.9 Å². The molecule has 0 N–H and O–H groups in total. The normalized spacial score (nSPS) is 15.8. The number of ether oxygens (including phenoxy) is 2. The van der Waals surface area contributed by atoms with Gasteiger partial charge in [0.05, 0.1) is 18.8 Å². The zero-order valence-electron chi connectivity index (χ0n) is 17.1. The van der Waals surface area contributed by atoms with E-state index in [-0.39, 0.29) is 18.6 Å². The smallest absolute Gasteiger partial charge is 0.261 e. The molecule has 1 aromatic carbocycles. The summed E-state index contributed by atoms with van der Waals surface area (Å²) in [6.07, 6.45) is 7.10. The summed E-state index contributed by atoms with van der Waals surface area (Å²) in [5.41, 5.74) is 2.79. The van der Waals surface area contributed by atoms with Crippen LogP contribution in [0.25, 0.3) is 11.1 Å². The second-order valence-corrected chi connectivity index (χ2v) is 7.14. The van der Waals surface area contributed by atoms with Crippen molar-refractivity contribution in [2.24, 2.45) is 0 Å². The Bertz CT molecular complexity index is 1030. The van der Waals surface area contributed by atoms with Gasteiger partial charge >= 0.3 is 0 Å². The molecule has 0 unspecified atom stereocenters. The van der Waals surface area contributed by atoms with Crippen molar-refractivity contribution >= 4 is 5.91 Å². The molecule has 0 bridgehead atoms. The Morgan fingerprint density at radius 3 is 2.70 bits per heavy atom. The number of aryl methyl sites for hydroxylation is 1. The van der Waals surface area contributed by atoms with E-state index >= 15 is 0 Å². The Morgan fingerprint density at radius 1 is 1.17 bits per heavy atom. The molecule has 30 heavy (non-hydrogen) atoms. The molecule has 4 rings (SSSR count). The predicted molar refractivity (Wildman–Crippen MR) is 112 cm³/mol. The molecule has 1 aliphatic rings. The van der Waals surface area contributed by atoms with Gasteiger partial charge in [0.2, 0.25) is 0 Å². The first kappa shape index (κ1) is 19.8. The number of carbonyl (C=O) groups is 1. The number of carbonyl (C=O) groups excluding carboxylic acids is 1. The van der Waals surface area contributed by atoms with Crippen molar-refractivity contribution in [2.45, 2.75) is 25.8 Å². The first-order valence-corrected chi connectivity index (χ1v) is 9.96. The lowest BCUT2D eigenvalue weighted by Crippen LogP contribution is -2.35. The SMILES string of the molecule is COc1ccccc1OCC(=O)N1CCC[C@H]1c1nc(C)ncc1-c1ccncc1. The van der Waals surface area contributed by atoms with Crippen molar-refractivity contribution in [3.63, 3.8) is 0 Å². The summed E-state index contributed by atoms with van der Waals surface area (Å²) in [7, 11) is 1.58. The van der Waals surface area contributed by atoms with Crippen molar-refractivity contribution in [2.75, 3.05) is 20.3 Å². The molecule has 154 valence electrons. The van der Waals surface area contributed by atoms with Gasteiger partial charge in [-0.15, -0.1) is 0 Å². The molecule has 2 aromatic heterocycles. The Hall–Kier alpha value is -3.48. The maximum absolute atomic E-state index is 13.0. The van der Waals surface area contributed by atoms with Crippen LogP contribution in [0.4, 0.5) is 0 Å². The Balaban J connectivity index is 1.57. The van der Waals surface area contributed by atoms with Gasteiger partial charge in [-0.3, -0.25) is 9.78 Å². The van der Waals surface area contributed by atoms with Crippen LogP contribution in [0.5, 0.6) is 11.5 Å². The van der Waals surface area contributed by atoms with E-state index in [0.717, 1.165) is 29.7 Å². The maximum atomic E-state index is 13.0. The third-order valence-corrected chi connectivity index (χ3v) is 5.24. The molecule has 1 aliphatic heterocycles. The van der Waals surface area contributed by atoms with Crippen molar-refractivity contribution in [1.82, 2.24) is 19.9 Å². The Morgan fingerprint density at radius 2 is 1.93 bits per heavy atom. The van der Waals surface area contributed by atoms with E-state index in [4.69, 9.17) is 14.5 Å². The van der Waals surface area contributed by atoms with E-state index in [1.54, 1.807) is 25.6 Å². The number of amides is 1. The van der Waals surface area contributed by atoms with E-state index in [2.05, 4.69) is 9.97 Å². The van der Waals surface area contributed by atoms with Gasteiger partial charge in [-0.25, -0.2) is 9.97 Å². The number of rotatable bonds is 6. The average molecular weight is 404 g/mol. The largest absolute Gasteiger partial charge is 0.493 e. The van der Waals surface area contributed by atoms with E-state index < -0.39 is 0 Å². The monoisotopic (exact) mass is 404 g/mol. The molecule has 3 heterocycles. The average Bonchev–Trinajstić information content (AvgIpc) is 3.28. The number of benzene rings is 1.